The molecule has 0 fully saturated rings. The van der Waals surface area contributed by atoms with Crippen molar-refractivity contribution < 1.29 is 9.84 Å². The van der Waals surface area contributed by atoms with Crippen molar-refractivity contribution in [2.24, 2.45) is 0 Å². The first kappa shape index (κ1) is 13.2. The first-order valence-electron chi connectivity index (χ1n) is 4.96. The quantitative estimate of drug-likeness (QED) is 0.792. The third-order valence-corrected chi connectivity index (χ3v) is 2.43. The number of anilines is 1. The summed E-state index contributed by atoms with van der Waals surface area (Å²) in [5.74, 6) is 0.523. The van der Waals surface area contributed by atoms with Gasteiger partial charge in [-0.15, -0.1) is 0 Å². The molecule has 0 spiro atoms. The fourth-order valence-electron chi connectivity index (χ4n) is 1.13. The van der Waals surface area contributed by atoms with Crippen molar-refractivity contribution >= 4 is 17.4 Å². The van der Waals surface area contributed by atoms with E-state index in [0.29, 0.717) is 30.4 Å². The van der Waals surface area contributed by atoms with Gasteiger partial charge in [0.1, 0.15) is 17.2 Å². The maximum absolute atomic E-state index is 9.97. The highest BCUT2D eigenvalue weighted by Crippen LogP contribution is 2.18. The zero-order chi connectivity index (χ0) is 12.0. The number of nitrogens with one attached hydrogen (secondary N) is 1. The van der Waals surface area contributed by atoms with Crippen LogP contribution in [-0.2, 0) is 4.74 Å². The highest BCUT2D eigenvalue weighted by Gasteiger charge is 2.20. The molecule has 5 nitrogen and oxygen atoms in total. The molecule has 0 aromatic carbocycles. The van der Waals surface area contributed by atoms with E-state index in [1.165, 1.54) is 12.5 Å². The van der Waals surface area contributed by atoms with Crippen LogP contribution in [0.25, 0.3) is 0 Å². The summed E-state index contributed by atoms with van der Waals surface area (Å²) in [4.78, 5) is 7.74. The van der Waals surface area contributed by atoms with E-state index in [4.69, 9.17) is 16.3 Å². The van der Waals surface area contributed by atoms with Gasteiger partial charge in [-0.25, -0.2) is 9.97 Å². The zero-order valence-electron chi connectivity index (χ0n) is 9.40. The number of methoxy groups -OCH3 is 1. The summed E-state index contributed by atoms with van der Waals surface area (Å²) in [5, 5.41) is 13.4. The molecule has 2 N–H and O–H groups in total. The van der Waals surface area contributed by atoms with Gasteiger partial charge in [0.2, 0.25) is 0 Å². The van der Waals surface area contributed by atoms with E-state index in [1.807, 2.05) is 0 Å². The van der Waals surface area contributed by atoms with E-state index >= 15 is 0 Å². The maximum atomic E-state index is 9.97. The monoisotopic (exact) mass is 245 g/mol. The largest absolute Gasteiger partial charge is 0.388 e. The van der Waals surface area contributed by atoms with Gasteiger partial charge in [-0.2, -0.15) is 0 Å². The SMILES string of the molecule is COCCC(C)(O)CNc1ncncc1Cl. The Morgan fingerprint density at radius 2 is 2.38 bits per heavy atom. The Bertz CT molecular complexity index is 334. The summed E-state index contributed by atoms with van der Waals surface area (Å²) in [6.45, 7) is 2.59. The van der Waals surface area contributed by atoms with Gasteiger partial charge in [-0.1, -0.05) is 11.6 Å². The Morgan fingerprint density at radius 1 is 1.62 bits per heavy atom. The molecule has 0 radical (unpaired) electrons. The van der Waals surface area contributed by atoms with E-state index in [-0.39, 0.29) is 0 Å². The van der Waals surface area contributed by atoms with Crippen molar-refractivity contribution in [3.8, 4) is 0 Å². The van der Waals surface area contributed by atoms with E-state index in [2.05, 4.69) is 15.3 Å². The molecule has 16 heavy (non-hydrogen) atoms. The van der Waals surface area contributed by atoms with Crippen LogP contribution in [0.3, 0.4) is 0 Å². The van der Waals surface area contributed by atoms with Crippen LogP contribution in [0.1, 0.15) is 13.3 Å². The molecule has 6 heteroatoms. The molecule has 1 unspecified atom stereocenters. The lowest BCUT2D eigenvalue weighted by molar-refractivity contribution is 0.0357. The average molecular weight is 246 g/mol. The second-order valence-corrected chi connectivity index (χ2v) is 4.22. The highest BCUT2D eigenvalue weighted by atomic mass is 35.5. The minimum atomic E-state index is -0.857. The molecule has 0 saturated heterocycles. The maximum Gasteiger partial charge on any atom is 0.148 e. The third kappa shape index (κ3) is 4.30. The van der Waals surface area contributed by atoms with E-state index in [9.17, 15) is 5.11 Å². The second-order valence-electron chi connectivity index (χ2n) is 3.81. The molecule has 1 aromatic rings. The van der Waals surface area contributed by atoms with Gasteiger partial charge in [-0.3, -0.25) is 0 Å². The number of aliphatic hydroxyl groups is 1. The molecule has 0 amide bonds. The van der Waals surface area contributed by atoms with Crippen LogP contribution in [-0.4, -0.2) is 40.9 Å². The third-order valence-electron chi connectivity index (χ3n) is 2.15. The number of nitrogens with zero attached hydrogens (tertiary/aromatic N) is 2. The predicted molar refractivity (Wildman–Crippen MR) is 62.6 cm³/mol. The Kier molecular flexibility index (Phi) is 4.92. The standard InChI is InChI=1S/C10H16ClN3O2/c1-10(15,3-4-16-2)6-13-9-8(11)5-12-7-14-9/h5,7,15H,3-4,6H2,1-2H3,(H,12,13,14). The summed E-state index contributed by atoms with van der Waals surface area (Å²) < 4.78 is 4.91. The van der Waals surface area contributed by atoms with Gasteiger partial charge in [0.25, 0.3) is 0 Å². The number of aromatic nitrogens is 2. The van der Waals surface area contributed by atoms with E-state index in [1.54, 1.807) is 14.0 Å². The Balaban J connectivity index is 2.47. The first-order chi connectivity index (χ1) is 7.55. The Morgan fingerprint density at radius 3 is 3.00 bits per heavy atom. The zero-order valence-corrected chi connectivity index (χ0v) is 10.2. The van der Waals surface area contributed by atoms with E-state index in [0.717, 1.165) is 0 Å². The number of hydrogen-bond donors (Lipinski definition) is 2. The van der Waals surface area contributed by atoms with Crippen LogP contribution in [0.15, 0.2) is 12.5 Å². The van der Waals surface area contributed by atoms with Gasteiger partial charge >= 0.3 is 0 Å². The predicted octanol–water partition coefficient (Wildman–Crippen LogP) is 1.33. The molecule has 1 rings (SSSR count). The van der Waals surface area contributed by atoms with Crippen molar-refractivity contribution in [3.05, 3.63) is 17.5 Å². The number of hydrogen-bond acceptors (Lipinski definition) is 5. The molecule has 0 bridgehead atoms. The van der Waals surface area contributed by atoms with Crippen LogP contribution >= 0.6 is 11.6 Å². The molecule has 90 valence electrons. The van der Waals surface area contributed by atoms with Crippen LogP contribution < -0.4 is 5.32 Å². The molecule has 0 saturated carbocycles. The first-order valence-corrected chi connectivity index (χ1v) is 5.34. The van der Waals surface area contributed by atoms with Crippen molar-refractivity contribution in [2.75, 3.05) is 25.6 Å². The normalized spacial score (nSPS) is 14.5. The summed E-state index contributed by atoms with van der Waals surface area (Å²) in [7, 11) is 1.60. The lowest BCUT2D eigenvalue weighted by atomic mass is 10.0. The number of halogens is 1. The molecule has 0 aliphatic carbocycles. The molecular weight excluding hydrogens is 230 g/mol. The Labute approximate surface area is 99.8 Å². The van der Waals surface area contributed by atoms with Gasteiger partial charge in [0.15, 0.2) is 0 Å². The Hall–Kier alpha value is -0.910. The highest BCUT2D eigenvalue weighted by molar-refractivity contribution is 6.32. The van der Waals surface area contributed by atoms with Gasteiger partial charge in [-0.05, 0) is 6.92 Å². The smallest absolute Gasteiger partial charge is 0.148 e. The van der Waals surface area contributed by atoms with Crippen LogP contribution in [0.5, 0.6) is 0 Å². The summed E-state index contributed by atoms with van der Waals surface area (Å²) in [5.41, 5.74) is -0.857. The summed E-state index contributed by atoms with van der Waals surface area (Å²) >= 11 is 5.86. The topological polar surface area (TPSA) is 67.3 Å². The molecule has 1 aromatic heterocycles. The summed E-state index contributed by atoms with van der Waals surface area (Å²) in [6.07, 6.45) is 3.44. The van der Waals surface area contributed by atoms with Crippen molar-refractivity contribution in [1.29, 1.82) is 0 Å². The van der Waals surface area contributed by atoms with Crippen molar-refractivity contribution in [2.45, 2.75) is 18.9 Å². The van der Waals surface area contributed by atoms with Crippen LogP contribution in [0, 0.1) is 0 Å². The lowest BCUT2D eigenvalue weighted by Gasteiger charge is -2.23. The van der Waals surface area contributed by atoms with Crippen molar-refractivity contribution in [3.63, 3.8) is 0 Å². The molecule has 0 aliphatic rings. The van der Waals surface area contributed by atoms with Gasteiger partial charge in [0, 0.05) is 26.7 Å². The van der Waals surface area contributed by atoms with Crippen LogP contribution in [0.2, 0.25) is 5.02 Å². The van der Waals surface area contributed by atoms with Crippen molar-refractivity contribution in [1.82, 2.24) is 9.97 Å². The second kappa shape index (κ2) is 5.98. The minimum absolute atomic E-state index is 0.354. The molecule has 1 atom stereocenters. The molecular formula is C10H16ClN3O2. The van der Waals surface area contributed by atoms with Gasteiger partial charge < -0.3 is 15.2 Å². The average Bonchev–Trinajstić information content (AvgIpc) is 2.26. The fourth-order valence-corrected chi connectivity index (χ4v) is 1.30. The van der Waals surface area contributed by atoms with E-state index < -0.39 is 5.60 Å². The molecule has 1 heterocycles. The number of ether oxygens (including phenoxy) is 1. The van der Waals surface area contributed by atoms with Crippen LogP contribution in [0.4, 0.5) is 5.82 Å². The fraction of sp³-hybridized carbons (Fsp3) is 0.600. The lowest BCUT2D eigenvalue weighted by Crippen LogP contribution is -2.34. The summed E-state index contributed by atoms with van der Waals surface area (Å²) in [6, 6.07) is 0. The number of rotatable bonds is 6. The minimum Gasteiger partial charge on any atom is -0.388 e. The molecule has 0 aliphatic heterocycles. The van der Waals surface area contributed by atoms with Gasteiger partial charge in [0.05, 0.1) is 11.8 Å².